The Hall–Kier alpha value is -1.14. The molecule has 2 aliphatic rings. The summed E-state index contributed by atoms with van der Waals surface area (Å²) in [5.41, 5.74) is 5.25. The summed E-state index contributed by atoms with van der Waals surface area (Å²) in [6.45, 7) is 6.48. The van der Waals surface area contributed by atoms with E-state index in [0.717, 1.165) is 45.4 Å². The van der Waals surface area contributed by atoms with Gasteiger partial charge in [0.15, 0.2) is 0 Å². The molecule has 0 bridgehead atoms. The minimum absolute atomic E-state index is 0.0219. The van der Waals surface area contributed by atoms with Gasteiger partial charge in [-0.05, 0) is 31.7 Å². The number of hydrogen-bond acceptors (Lipinski definition) is 4. The maximum Gasteiger partial charge on any atom is 0.239 e. The molecule has 0 radical (unpaired) electrons. The van der Waals surface area contributed by atoms with E-state index in [1.165, 1.54) is 6.42 Å². The van der Waals surface area contributed by atoms with Crippen LogP contribution in [0.2, 0.25) is 0 Å². The average Bonchev–Trinajstić information content (AvgIpc) is 2.71. The van der Waals surface area contributed by atoms with Gasteiger partial charge in [0.25, 0.3) is 0 Å². The van der Waals surface area contributed by atoms with Crippen LogP contribution in [-0.2, 0) is 9.59 Å². The van der Waals surface area contributed by atoms with Gasteiger partial charge in [-0.25, -0.2) is 0 Å². The Bertz CT molecular complexity index is 375. The smallest absolute Gasteiger partial charge is 0.239 e. The predicted molar refractivity (Wildman–Crippen MR) is 81.6 cm³/mol. The van der Waals surface area contributed by atoms with Crippen LogP contribution in [0.15, 0.2) is 0 Å². The largest absolute Gasteiger partial charge is 0.369 e. The molecule has 6 heteroatoms. The van der Waals surface area contributed by atoms with E-state index >= 15 is 0 Å². The lowest BCUT2D eigenvalue weighted by atomic mass is 9.90. The van der Waals surface area contributed by atoms with Crippen LogP contribution in [-0.4, -0.2) is 66.9 Å². The normalized spacial score (nSPS) is 28.1. The average molecular weight is 296 g/mol. The lowest BCUT2D eigenvalue weighted by molar-refractivity contribution is -0.134. The number of nitrogens with two attached hydrogens (primary N) is 1. The molecule has 6 nitrogen and oxygen atoms in total. The molecular formula is C15H28N4O2. The topological polar surface area (TPSA) is 78.7 Å². The Morgan fingerprint density at radius 3 is 2.76 bits per heavy atom. The van der Waals surface area contributed by atoms with Crippen molar-refractivity contribution in [3.05, 3.63) is 0 Å². The van der Waals surface area contributed by atoms with Crippen LogP contribution < -0.4 is 11.1 Å². The highest BCUT2D eigenvalue weighted by molar-refractivity contribution is 5.82. The molecule has 0 aromatic carbocycles. The highest BCUT2D eigenvalue weighted by Crippen LogP contribution is 2.20. The van der Waals surface area contributed by atoms with E-state index < -0.39 is 0 Å². The number of carbonyl (C=O) groups excluding carboxylic acids is 2. The lowest BCUT2D eigenvalue weighted by Gasteiger charge is -2.32. The highest BCUT2D eigenvalue weighted by atomic mass is 16.2. The highest BCUT2D eigenvalue weighted by Gasteiger charge is 2.30. The van der Waals surface area contributed by atoms with E-state index in [9.17, 15) is 9.59 Å². The van der Waals surface area contributed by atoms with Crippen LogP contribution in [0.3, 0.4) is 0 Å². The Balaban J connectivity index is 1.86. The SMILES string of the molecule is CCC1CCNC(C(=O)N2CCCN(CC(N)=O)CC2)C1. The van der Waals surface area contributed by atoms with E-state index in [4.69, 9.17) is 5.73 Å². The number of rotatable bonds is 4. The van der Waals surface area contributed by atoms with Crippen molar-refractivity contribution in [2.75, 3.05) is 39.3 Å². The second-order valence-electron chi connectivity index (χ2n) is 6.23. The van der Waals surface area contributed by atoms with E-state index in [-0.39, 0.29) is 17.9 Å². The zero-order valence-corrected chi connectivity index (χ0v) is 13.0. The lowest BCUT2D eigenvalue weighted by Crippen LogP contribution is -2.51. The third kappa shape index (κ3) is 4.68. The van der Waals surface area contributed by atoms with Gasteiger partial charge in [-0.2, -0.15) is 0 Å². The van der Waals surface area contributed by atoms with Gasteiger partial charge < -0.3 is 16.0 Å². The first-order valence-corrected chi connectivity index (χ1v) is 8.13. The summed E-state index contributed by atoms with van der Waals surface area (Å²) in [4.78, 5) is 27.6. The Kier molecular flexibility index (Phi) is 5.99. The summed E-state index contributed by atoms with van der Waals surface area (Å²) in [5, 5.41) is 3.37. The maximum absolute atomic E-state index is 12.6. The van der Waals surface area contributed by atoms with Crippen molar-refractivity contribution in [3.63, 3.8) is 0 Å². The molecule has 2 fully saturated rings. The summed E-state index contributed by atoms with van der Waals surface area (Å²) in [6, 6.07) is -0.0219. The van der Waals surface area contributed by atoms with E-state index in [1.807, 2.05) is 9.80 Å². The van der Waals surface area contributed by atoms with Crippen molar-refractivity contribution in [2.24, 2.45) is 11.7 Å². The van der Waals surface area contributed by atoms with E-state index in [2.05, 4.69) is 12.2 Å². The second-order valence-corrected chi connectivity index (χ2v) is 6.23. The second kappa shape index (κ2) is 7.75. The van der Waals surface area contributed by atoms with Gasteiger partial charge in [0.05, 0.1) is 12.6 Å². The zero-order chi connectivity index (χ0) is 15.2. The van der Waals surface area contributed by atoms with E-state index in [0.29, 0.717) is 19.0 Å². The number of piperidine rings is 1. The molecule has 2 heterocycles. The van der Waals surface area contributed by atoms with Crippen LogP contribution in [0.5, 0.6) is 0 Å². The molecule has 0 aromatic rings. The molecule has 0 aliphatic carbocycles. The zero-order valence-electron chi connectivity index (χ0n) is 13.0. The van der Waals surface area contributed by atoms with Crippen LogP contribution in [0.4, 0.5) is 0 Å². The van der Waals surface area contributed by atoms with Crippen molar-refractivity contribution < 1.29 is 9.59 Å². The molecule has 2 rings (SSSR count). The van der Waals surface area contributed by atoms with Gasteiger partial charge in [0.2, 0.25) is 11.8 Å². The summed E-state index contributed by atoms with van der Waals surface area (Å²) >= 11 is 0. The third-order valence-corrected chi connectivity index (χ3v) is 4.67. The van der Waals surface area contributed by atoms with Gasteiger partial charge in [-0.3, -0.25) is 14.5 Å². The summed E-state index contributed by atoms with van der Waals surface area (Å²) < 4.78 is 0. The number of carbonyl (C=O) groups is 2. The monoisotopic (exact) mass is 296 g/mol. The summed E-state index contributed by atoms with van der Waals surface area (Å²) in [5.74, 6) is 0.599. The molecule has 2 atom stereocenters. The number of nitrogens with zero attached hydrogens (tertiary/aromatic N) is 2. The van der Waals surface area contributed by atoms with Crippen LogP contribution in [0.25, 0.3) is 0 Å². The molecule has 0 aromatic heterocycles. The number of primary amides is 1. The molecule has 21 heavy (non-hydrogen) atoms. The van der Waals surface area contributed by atoms with E-state index in [1.54, 1.807) is 0 Å². The fourth-order valence-electron chi connectivity index (χ4n) is 3.35. The first-order chi connectivity index (χ1) is 10.1. The molecule has 2 aliphatic heterocycles. The molecule has 2 unspecified atom stereocenters. The molecular weight excluding hydrogens is 268 g/mol. The molecule has 2 saturated heterocycles. The molecule has 0 saturated carbocycles. The minimum Gasteiger partial charge on any atom is -0.369 e. The number of amides is 2. The van der Waals surface area contributed by atoms with Crippen molar-refractivity contribution >= 4 is 11.8 Å². The molecule has 120 valence electrons. The number of hydrogen-bond donors (Lipinski definition) is 2. The van der Waals surface area contributed by atoms with Gasteiger partial charge in [0.1, 0.15) is 0 Å². The fraction of sp³-hybridized carbons (Fsp3) is 0.867. The molecule has 2 amide bonds. The van der Waals surface area contributed by atoms with Crippen molar-refractivity contribution in [1.82, 2.24) is 15.1 Å². The standard InChI is InChI=1S/C15H28N4O2/c1-2-12-4-5-17-13(10-12)15(21)19-7-3-6-18(8-9-19)11-14(16)20/h12-13,17H,2-11H2,1H3,(H2,16,20). The van der Waals surface area contributed by atoms with Gasteiger partial charge >= 0.3 is 0 Å². The van der Waals surface area contributed by atoms with Gasteiger partial charge in [-0.1, -0.05) is 13.3 Å². The quantitative estimate of drug-likeness (QED) is 0.752. The maximum atomic E-state index is 12.6. The van der Waals surface area contributed by atoms with Crippen molar-refractivity contribution in [3.8, 4) is 0 Å². The predicted octanol–water partition coefficient (Wildman–Crippen LogP) is -0.216. The van der Waals surface area contributed by atoms with Crippen LogP contribution in [0, 0.1) is 5.92 Å². The third-order valence-electron chi connectivity index (χ3n) is 4.67. The molecule has 0 spiro atoms. The summed E-state index contributed by atoms with van der Waals surface area (Å²) in [7, 11) is 0. The van der Waals surface area contributed by atoms with Gasteiger partial charge in [-0.15, -0.1) is 0 Å². The fourth-order valence-corrected chi connectivity index (χ4v) is 3.35. The van der Waals surface area contributed by atoms with Crippen LogP contribution in [0.1, 0.15) is 32.6 Å². The minimum atomic E-state index is -0.297. The Morgan fingerprint density at radius 2 is 2.05 bits per heavy atom. The van der Waals surface area contributed by atoms with Crippen molar-refractivity contribution in [1.29, 1.82) is 0 Å². The Labute approximate surface area is 127 Å². The van der Waals surface area contributed by atoms with Gasteiger partial charge in [0, 0.05) is 26.2 Å². The summed E-state index contributed by atoms with van der Waals surface area (Å²) in [6.07, 6.45) is 4.18. The number of nitrogens with one attached hydrogen (secondary N) is 1. The van der Waals surface area contributed by atoms with Crippen LogP contribution >= 0.6 is 0 Å². The first-order valence-electron chi connectivity index (χ1n) is 8.13. The molecule has 3 N–H and O–H groups in total. The Morgan fingerprint density at radius 1 is 1.24 bits per heavy atom. The first kappa shape index (κ1) is 16.2. The van der Waals surface area contributed by atoms with Crippen molar-refractivity contribution in [2.45, 2.75) is 38.6 Å².